The zero-order valence-corrected chi connectivity index (χ0v) is 7.34. The van der Waals surface area contributed by atoms with E-state index in [2.05, 4.69) is 6.92 Å². The molecule has 1 unspecified atom stereocenters. The Morgan fingerprint density at radius 1 is 1.75 bits per heavy atom. The first kappa shape index (κ1) is 9.15. The minimum Gasteiger partial charge on any atom is -0.376 e. The Morgan fingerprint density at radius 3 is 2.83 bits per heavy atom. The molecular weight excluding hydrogens is 178 g/mol. The molecule has 1 atom stereocenters. The third-order valence-electron chi connectivity index (χ3n) is 1.39. The van der Waals surface area contributed by atoms with Crippen LogP contribution in [0.4, 0.5) is 5.00 Å². The number of hydrogen-bond acceptors (Lipinski definition) is 4. The molecule has 1 aromatic heterocycles. The van der Waals surface area contributed by atoms with E-state index in [9.17, 15) is 10.1 Å². The van der Waals surface area contributed by atoms with Gasteiger partial charge < -0.3 is 4.74 Å². The maximum absolute atomic E-state index is 10.3. The molecule has 65 valence electrons. The third-order valence-corrected chi connectivity index (χ3v) is 2.52. The average Bonchev–Trinajstić information content (AvgIpc) is 2.51. The minimum absolute atomic E-state index is 0.121. The van der Waals surface area contributed by atoms with E-state index in [0.29, 0.717) is 0 Å². The van der Waals surface area contributed by atoms with Crippen molar-refractivity contribution in [1.29, 1.82) is 0 Å². The van der Waals surface area contributed by atoms with Gasteiger partial charge in [-0.2, -0.15) is 0 Å². The van der Waals surface area contributed by atoms with Gasteiger partial charge in [0.15, 0.2) is 0 Å². The van der Waals surface area contributed by atoms with E-state index in [4.69, 9.17) is 4.74 Å². The second-order valence-electron chi connectivity index (χ2n) is 2.16. The third kappa shape index (κ3) is 1.80. The molecule has 5 heteroatoms. The molecule has 4 nitrogen and oxygen atoms in total. The van der Waals surface area contributed by atoms with Gasteiger partial charge in [0.1, 0.15) is 0 Å². The minimum atomic E-state index is -0.420. The number of hydrogen-bond donors (Lipinski definition) is 0. The van der Waals surface area contributed by atoms with Crippen molar-refractivity contribution in [3.63, 3.8) is 0 Å². The van der Waals surface area contributed by atoms with Crippen molar-refractivity contribution in [3.8, 4) is 0 Å². The van der Waals surface area contributed by atoms with Gasteiger partial charge in [-0.25, -0.2) is 0 Å². The molecule has 0 bridgehead atoms. The van der Waals surface area contributed by atoms with E-state index < -0.39 is 4.92 Å². The van der Waals surface area contributed by atoms with E-state index in [1.807, 2.05) is 0 Å². The molecule has 0 aliphatic carbocycles. The first-order chi connectivity index (χ1) is 5.65. The molecular formula is C7H8NO3S. The summed E-state index contributed by atoms with van der Waals surface area (Å²) in [6.07, 6.45) is -0.316. The summed E-state index contributed by atoms with van der Waals surface area (Å²) in [6.45, 7) is 3.67. The lowest BCUT2D eigenvalue weighted by molar-refractivity contribution is -0.380. The highest BCUT2D eigenvalue weighted by atomic mass is 32.1. The Kier molecular flexibility index (Phi) is 2.78. The van der Waals surface area contributed by atoms with Gasteiger partial charge in [0.25, 0.3) is 0 Å². The number of nitro groups is 1. The van der Waals surface area contributed by atoms with Crippen LogP contribution in [0.3, 0.4) is 0 Å². The number of rotatable bonds is 3. The molecule has 1 rings (SSSR count). The summed E-state index contributed by atoms with van der Waals surface area (Å²) < 4.78 is 4.91. The molecule has 1 radical (unpaired) electrons. The summed E-state index contributed by atoms with van der Waals surface area (Å²) in [5.41, 5.74) is 0. The topological polar surface area (TPSA) is 52.4 Å². The van der Waals surface area contributed by atoms with Crippen LogP contribution in [0.15, 0.2) is 12.1 Å². The maximum Gasteiger partial charge on any atom is 0.324 e. The van der Waals surface area contributed by atoms with E-state index >= 15 is 0 Å². The summed E-state index contributed by atoms with van der Waals surface area (Å²) in [5.74, 6) is 0. The Bertz CT molecular complexity index is 284. The maximum atomic E-state index is 10.3. The Morgan fingerprint density at radius 2 is 2.42 bits per heavy atom. The molecule has 0 spiro atoms. The lowest BCUT2D eigenvalue weighted by Crippen LogP contribution is -1.91. The van der Waals surface area contributed by atoms with Crippen LogP contribution in [0.5, 0.6) is 0 Å². The molecule has 0 aliphatic heterocycles. The zero-order valence-electron chi connectivity index (χ0n) is 6.52. The summed E-state index contributed by atoms with van der Waals surface area (Å²) >= 11 is 1.09. The molecule has 0 fully saturated rings. The van der Waals surface area contributed by atoms with E-state index in [1.165, 1.54) is 13.2 Å². The number of ether oxygens (including phenoxy) is 1. The van der Waals surface area contributed by atoms with Gasteiger partial charge in [-0.1, -0.05) is 11.3 Å². The number of methoxy groups -OCH3 is 1. The van der Waals surface area contributed by atoms with E-state index in [0.717, 1.165) is 16.2 Å². The summed E-state index contributed by atoms with van der Waals surface area (Å²) in [5, 5.41) is 10.4. The summed E-state index contributed by atoms with van der Waals surface area (Å²) in [6, 6.07) is 3.11. The van der Waals surface area contributed by atoms with Crippen LogP contribution in [0.1, 0.15) is 11.0 Å². The lowest BCUT2D eigenvalue weighted by atomic mass is 10.3. The van der Waals surface area contributed by atoms with Gasteiger partial charge >= 0.3 is 5.00 Å². The van der Waals surface area contributed by atoms with E-state index in [1.54, 1.807) is 6.07 Å². The Balaban J connectivity index is 2.84. The molecule has 0 aliphatic rings. The van der Waals surface area contributed by atoms with Crippen molar-refractivity contribution in [2.75, 3.05) is 7.11 Å². The molecule has 0 saturated carbocycles. The van der Waals surface area contributed by atoms with E-state index in [-0.39, 0.29) is 11.1 Å². The van der Waals surface area contributed by atoms with Gasteiger partial charge in [0.2, 0.25) is 0 Å². The highest BCUT2D eigenvalue weighted by Gasteiger charge is 2.13. The second kappa shape index (κ2) is 3.64. The van der Waals surface area contributed by atoms with Crippen LogP contribution in [0, 0.1) is 17.0 Å². The Hall–Kier alpha value is -0.940. The normalized spacial score (nSPS) is 12.8. The highest BCUT2D eigenvalue weighted by Crippen LogP contribution is 2.29. The molecule has 12 heavy (non-hydrogen) atoms. The predicted octanol–water partition coefficient (Wildman–Crippen LogP) is 2.18. The molecule has 0 N–H and O–H groups in total. The predicted molar refractivity (Wildman–Crippen MR) is 46.1 cm³/mol. The first-order valence-corrected chi connectivity index (χ1v) is 4.07. The van der Waals surface area contributed by atoms with Crippen LogP contribution >= 0.6 is 11.3 Å². The molecule has 0 amide bonds. The quantitative estimate of drug-likeness (QED) is 0.537. The van der Waals surface area contributed by atoms with Gasteiger partial charge in [0, 0.05) is 18.1 Å². The monoisotopic (exact) mass is 186 g/mol. The van der Waals surface area contributed by atoms with Crippen molar-refractivity contribution in [2.24, 2.45) is 0 Å². The van der Waals surface area contributed by atoms with Crippen LogP contribution in [0.2, 0.25) is 0 Å². The summed E-state index contributed by atoms with van der Waals surface area (Å²) in [7, 11) is 1.52. The number of thiophene rings is 1. The zero-order chi connectivity index (χ0) is 9.14. The van der Waals surface area contributed by atoms with Crippen LogP contribution in [0.25, 0.3) is 0 Å². The smallest absolute Gasteiger partial charge is 0.324 e. The molecule has 0 aromatic carbocycles. The summed E-state index contributed by atoms with van der Waals surface area (Å²) in [4.78, 5) is 10.6. The standard InChI is InChI=1S/C7H8NO3S/c1-5(11-2)6-3-4-7(12-6)8(9)10/h3-5H,1H2,2H3. The van der Waals surface area contributed by atoms with Gasteiger partial charge in [-0.3, -0.25) is 10.1 Å². The fourth-order valence-corrected chi connectivity index (χ4v) is 1.55. The first-order valence-electron chi connectivity index (χ1n) is 3.25. The lowest BCUT2D eigenvalue weighted by Gasteiger charge is -2.03. The van der Waals surface area contributed by atoms with Gasteiger partial charge in [0.05, 0.1) is 11.0 Å². The fraction of sp³-hybridized carbons (Fsp3) is 0.286. The SMILES string of the molecule is [CH2]C(OC)c1ccc([N+](=O)[O-])s1. The largest absolute Gasteiger partial charge is 0.376 e. The molecule has 0 saturated heterocycles. The van der Waals surface area contributed by atoms with Crippen LogP contribution in [-0.4, -0.2) is 12.0 Å². The fourth-order valence-electron chi connectivity index (χ4n) is 0.730. The Labute approximate surface area is 73.9 Å². The number of nitrogens with zero attached hydrogens (tertiary/aromatic N) is 1. The van der Waals surface area contributed by atoms with Crippen molar-refractivity contribution >= 4 is 16.3 Å². The van der Waals surface area contributed by atoms with Crippen molar-refractivity contribution in [2.45, 2.75) is 6.10 Å². The molecule has 1 aromatic rings. The average molecular weight is 186 g/mol. The van der Waals surface area contributed by atoms with Crippen molar-refractivity contribution < 1.29 is 9.66 Å². The second-order valence-corrected chi connectivity index (χ2v) is 3.25. The van der Waals surface area contributed by atoms with Crippen LogP contribution < -0.4 is 0 Å². The van der Waals surface area contributed by atoms with Gasteiger partial charge in [-0.15, -0.1) is 0 Å². The molecule has 1 heterocycles. The van der Waals surface area contributed by atoms with Crippen LogP contribution in [-0.2, 0) is 4.74 Å². The highest BCUT2D eigenvalue weighted by molar-refractivity contribution is 7.15. The van der Waals surface area contributed by atoms with Crippen molar-refractivity contribution in [3.05, 3.63) is 34.0 Å². The van der Waals surface area contributed by atoms with Gasteiger partial charge in [-0.05, 0) is 13.0 Å². The van der Waals surface area contributed by atoms with Crippen molar-refractivity contribution in [1.82, 2.24) is 0 Å².